The molecular weight excluding hydrogens is 374 g/mol. The molecule has 8 heteroatoms. The third-order valence-corrected chi connectivity index (χ3v) is 4.13. The number of nitrogens with zero attached hydrogens (tertiary/aromatic N) is 1. The van der Waals surface area contributed by atoms with Gasteiger partial charge in [0.05, 0.1) is 0 Å². The predicted octanol–water partition coefficient (Wildman–Crippen LogP) is 3.09. The molecule has 0 radical (unpaired) electrons. The van der Waals surface area contributed by atoms with Gasteiger partial charge in [-0.2, -0.15) is 0 Å². The van der Waals surface area contributed by atoms with Gasteiger partial charge in [-0.25, -0.2) is 4.79 Å². The fourth-order valence-electron chi connectivity index (χ4n) is 2.69. The number of carbonyl (C=O) groups excluding carboxylic acids is 3. The van der Waals surface area contributed by atoms with Crippen molar-refractivity contribution in [3.8, 4) is 0 Å². The van der Waals surface area contributed by atoms with Crippen LogP contribution in [0.1, 0.15) is 49.7 Å². The number of aryl methyl sites for hydroxylation is 1. The highest BCUT2D eigenvalue weighted by Crippen LogP contribution is 2.13. The van der Waals surface area contributed by atoms with E-state index in [1.165, 1.54) is 0 Å². The van der Waals surface area contributed by atoms with Crippen LogP contribution in [0.2, 0.25) is 0 Å². The highest BCUT2D eigenvalue weighted by Gasteiger charge is 2.29. The van der Waals surface area contributed by atoms with E-state index >= 15 is 0 Å². The average Bonchev–Trinajstić information content (AvgIpc) is 3.10. The lowest BCUT2D eigenvalue weighted by Crippen LogP contribution is -2.45. The summed E-state index contributed by atoms with van der Waals surface area (Å²) in [6.07, 6.45) is -0.351. The molecule has 156 valence electrons. The Kier molecular flexibility index (Phi) is 7.94. The SMILES string of the molecule is CC[C@H](OC(=O)[C@@H](CC(C)C)NC(=O)c1ccccc1)C(=O)Nc1cc(C)on1. The molecule has 1 heterocycles. The number of esters is 1. The van der Waals surface area contributed by atoms with Crippen molar-refractivity contribution < 1.29 is 23.6 Å². The molecule has 0 aliphatic carbocycles. The number of anilines is 1. The molecule has 1 aromatic carbocycles. The Morgan fingerprint density at radius 1 is 1.17 bits per heavy atom. The molecule has 0 aliphatic heterocycles. The van der Waals surface area contributed by atoms with Crippen molar-refractivity contribution in [2.45, 2.75) is 52.7 Å². The molecule has 2 N–H and O–H groups in total. The minimum absolute atomic E-state index is 0.135. The van der Waals surface area contributed by atoms with Crippen LogP contribution in [0.5, 0.6) is 0 Å². The Balaban J connectivity index is 2.04. The summed E-state index contributed by atoms with van der Waals surface area (Å²) in [7, 11) is 0. The number of hydrogen-bond acceptors (Lipinski definition) is 6. The van der Waals surface area contributed by atoms with Crippen LogP contribution in [0.3, 0.4) is 0 Å². The molecule has 2 amide bonds. The number of benzene rings is 1. The van der Waals surface area contributed by atoms with Crippen molar-refractivity contribution in [2.75, 3.05) is 5.32 Å². The van der Waals surface area contributed by atoms with Crippen LogP contribution in [0.4, 0.5) is 5.82 Å². The summed E-state index contributed by atoms with van der Waals surface area (Å²) in [5, 5.41) is 8.96. The smallest absolute Gasteiger partial charge is 0.329 e. The molecule has 0 spiro atoms. The van der Waals surface area contributed by atoms with Gasteiger partial charge < -0.3 is 19.9 Å². The van der Waals surface area contributed by atoms with Crippen LogP contribution in [-0.4, -0.2) is 35.1 Å². The molecule has 2 atom stereocenters. The Morgan fingerprint density at radius 2 is 1.86 bits per heavy atom. The Labute approximate surface area is 170 Å². The van der Waals surface area contributed by atoms with Crippen molar-refractivity contribution >= 4 is 23.6 Å². The Bertz CT molecular complexity index is 832. The first-order valence-corrected chi connectivity index (χ1v) is 9.60. The van der Waals surface area contributed by atoms with E-state index in [2.05, 4.69) is 15.8 Å². The summed E-state index contributed by atoms with van der Waals surface area (Å²) in [5.74, 6) is -0.600. The van der Waals surface area contributed by atoms with Crippen LogP contribution < -0.4 is 10.6 Å². The van der Waals surface area contributed by atoms with Gasteiger partial charge in [0.25, 0.3) is 11.8 Å². The van der Waals surface area contributed by atoms with E-state index in [4.69, 9.17) is 9.26 Å². The molecule has 2 aromatic rings. The number of amides is 2. The lowest BCUT2D eigenvalue weighted by molar-refractivity contribution is -0.156. The third-order valence-electron chi connectivity index (χ3n) is 4.13. The number of ether oxygens (including phenoxy) is 1. The van der Waals surface area contributed by atoms with Crippen LogP contribution in [0, 0.1) is 12.8 Å². The monoisotopic (exact) mass is 401 g/mol. The highest BCUT2D eigenvalue weighted by molar-refractivity contribution is 5.98. The quantitative estimate of drug-likeness (QED) is 0.625. The van der Waals surface area contributed by atoms with Gasteiger partial charge in [-0.1, -0.05) is 44.1 Å². The van der Waals surface area contributed by atoms with E-state index in [0.29, 0.717) is 17.7 Å². The topological polar surface area (TPSA) is 111 Å². The molecule has 0 fully saturated rings. The molecule has 0 saturated heterocycles. The first-order chi connectivity index (χ1) is 13.8. The lowest BCUT2D eigenvalue weighted by Gasteiger charge is -2.22. The van der Waals surface area contributed by atoms with Gasteiger partial charge in [0.15, 0.2) is 11.9 Å². The van der Waals surface area contributed by atoms with Gasteiger partial charge in [0, 0.05) is 11.6 Å². The van der Waals surface area contributed by atoms with Crippen LogP contribution in [0.25, 0.3) is 0 Å². The maximum Gasteiger partial charge on any atom is 0.329 e. The van der Waals surface area contributed by atoms with Crippen LogP contribution >= 0.6 is 0 Å². The fraction of sp³-hybridized carbons (Fsp3) is 0.429. The van der Waals surface area contributed by atoms with Gasteiger partial charge in [-0.05, 0) is 37.8 Å². The highest BCUT2D eigenvalue weighted by atomic mass is 16.5. The number of aromatic nitrogens is 1. The first-order valence-electron chi connectivity index (χ1n) is 9.60. The molecular formula is C21H27N3O5. The van der Waals surface area contributed by atoms with E-state index in [0.717, 1.165) is 0 Å². The van der Waals surface area contributed by atoms with E-state index in [1.807, 2.05) is 13.8 Å². The zero-order chi connectivity index (χ0) is 21.4. The average molecular weight is 401 g/mol. The summed E-state index contributed by atoms with van der Waals surface area (Å²) in [6, 6.07) is 9.32. The standard InChI is InChI=1S/C21H27N3O5/c1-5-17(20(26)23-18-12-14(4)29-24-18)28-21(27)16(11-13(2)3)22-19(25)15-9-7-6-8-10-15/h6-10,12-13,16-17H,5,11H2,1-4H3,(H,22,25)(H,23,24,26)/t16-,17+/m1/s1. The molecule has 2 rings (SSSR count). The number of rotatable bonds is 9. The van der Waals surface area contributed by atoms with E-state index in [1.54, 1.807) is 50.2 Å². The second kappa shape index (κ2) is 10.4. The number of nitrogens with one attached hydrogen (secondary N) is 2. The Morgan fingerprint density at radius 3 is 2.41 bits per heavy atom. The van der Waals surface area contributed by atoms with Crippen LogP contribution in [-0.2, 0) is 14.3 Å². The van der Waals surface area contributed by atoms with Gasteiger partial charge in [0.2, 0.25) is 0 Å². The van der Waals surface area contributed by atoms with Gasteiger partial charge >= 0.3 is 5.97 Å². The van der Waals surface area contributed by atoms with E-state index < -0.39 is 24.0 Å². The summed E-state index contributed by atoms with van der Waals surface area (Å²) in [5.41, 5.74) is 0.445. The van der Waals surface area contributed by atoms with E-state index in [9.17, 15) is 14.4 Å². The van der Waals surface area contributed by atoms with Crippen molar-refractivity contribution in [1.82, 2.24) is 10.5 Å². The largest absolute Gasteiger partial charge is 0.451 e. The number of hydrogen-bond donors (Lipinski definition) is 2. The second-order valence-corrected chi connectivity index (χ2v) is 7.17. The molecule has 29 heavy (non-hydrogen) atoms. The zero-order valence-corrected chi connectivity index (χ0v) is 17.1. The van der Waals surface area contributed by atoms with Gasteiger partial charge in [0.1, 0.15) is 11.8 Å². The predicted molar refractivity (Wildman–Crippen MR) is 107 cm³/mol. The number of carbonyl (C=O) groups is 3. The van der Waals surface area contributed by atoms with Crippen LogP contribution in [0.15, 0.2) is 40.9 Å². The second-order valence-electron chi connectivity index (χ2n) is 7.17. The van der Waals surface area contributed by atoms with Crippen molar-refractivity contribution in [2.24, 2.45) is 5.92 Å². The van der Waals surface area contributed by atoms with Crippen molar-refractivity contribution in [3.63, 3.8) is 0 Å². The molecule has 0 saturated carbocycles. The summed E-state index contributed by atoms with van der Waals surface area (Å²) < 4.78 is 10.3. The summed E-state index contributed by atoms with van der Waals surface area (Å²) in [4.78, 5) is 37.6. The summed E-state index contributed by atoms with van der Waals surface area (Å²) >= 11 is 0. The lowest BCUT2D eigenvalue weighted by atomic mass is 10.0. The molecule has 0 aliphatic rings. The zero-order valence-electron chi connectivity index (χ0n) is 17.1. The van der Waals surface area contributed by atoms with E-state index in [-0.39, 0.29) is 24.1 Å². The van der Waals surface area contributed by atoms with Crippen molar-refractivity contribution in [3.05, 3.63) is 47.7 Å². The summed E-state index contributed by atoms with van der Waals surface area (Å²) in [6.45, 7) is 7.30. The fourth-order valence-corrected chi connectivity index (χ4v) is 2.69. The maximum atomic E-state index is 12.7. The Hall–Kier alpha value is -3.16. The molecule has 8 nitrogen and oxygen atoms in total. The molecule has 0 unspecified atom stereocenters. The van der Waals surface area contributed by atoms with Gasteiger partial charge in [-0.15, -0.1) is 0 Å². The minimum atomic E-state index is -1.01. The van der Waals surface area contributed by atoms with Crippen molar-refractivity contribution in [1.29, 1.82) is 0 Å². The molecule has 1 aromatic heterocycles. The third kappa shape index (κ3) is 6.74. The first kappa shape index (κ1) is 22.1. The maximum absolute atomic E-state index is 12.7. The minimum Gasteiger partial charge on any atom is -0.451 e. The van der Waals surface area contributed by atoms with Gasteiger partial charge in [-0.3, -0.25) is 9.59 Å². The molecule has 0 bridgehead atoms. The normalized spacial score (nSPS) is 12.9.